The normalized spacial score (nSPS) is 12.5. The summed E-state index contributed by atoms with van der Waals surface area (Å²) >= 11 is 0. The second-order valence-corrected chi connectivity index (χ2v) is 3.08. The van der Waals surface area contributed by atoms with Gasteiger partial charge in [-0.3, -0.25) is 4.79 Å². The second kappa shape index (κ2) is 4.84. The zero-order valence-electron chi connectivity index (χ0n) is 7.78. The molecular formula is C10H10F2O3. The minimum Gasteiger partial charge on any atom is -0.481 e. The van der Waals surface area contributed by atoms with E-state index >= 15 is 0 Å². The maximum absolute atomic E-state index is 12.8. The minimum atomic E-state index is -1.17. The Kier molecular flexibility index (Phi) is 3.74. The van der Waals surface area contributed by atoms with Crippen molar-refractivity contribution in [2.24, 2.45) is 0 Å². The molecule has 3 nitrogen and oxygen atoms in total. The van der Waals surface area contributed by atoms with Crippen LogP contribution in [0.3, 0.4) is 0 Å². The van der Waals surface area contributed by atoms with Gasteiger partial charge in [-0.1, -0.05) is 6.07 Å². The molecule has 82 valence electrons. The molecule has 1 aromatic carbocycles. The molecule has 0 saturated carbocycles. The first kappa shape index (κ1) is 11.6. The summed E-state index contributed by atoms with van der Waals surface area (Å²) in [5.74, 6) is -4.29. The minimum absolute atomic E-state index is 0.0274. The smallest absolute Gasteiger partial charge is 0.311 e. The van der Waals surface area contributed by atoms with Crippen molar-refractivity contribution in [2.45, 2.75) is 12.3 Å². The summed E-state index contributed by atoms with van der Waals surface area (Å²) in [7, 11) is 0. The molecule has 1 aromatic rings. The van der Waals surface area contributed by atoms with Gasteiger partial charge < -0.3 is 10.2 Å². The molecule has 0 amide bonds. The second-order valence-electron chi connectivity index (χ2n) is 3.08. The molecule has 0 fully saturated rings. The number of aliphatic hydroxyl groups excluding tert-OH is 1. The Morgan fingerprint density at radius 2 is 2.00 bits per heavy atom. The molecule has 0 aliphatic carbocycles. The van der Waals surface area contributed by atoms with Crippen LogP contribution in [0.1, 0.15) is 17.9 Å². The van der Waals surface area contributed by atoms with E-state index in [0.29, 0.717) is 0 Å². The van der Waals surface area contributed by atoms with Crippen molar-refractivity contribution < 1.29 is 23.8 Å². The quantitative estimate of drug-likeness (QED) is 0.802. The maximum Gasteiger partial charge on any atom is 0.311 e. The molecule has 2 N–H and O–H groups in total. The molecule has 0 radical (unpaired) electrons. The highest BCUT2D eigenvalue weighted by Crippen LogP contribution is 2.21. The number of benzene rings is 1. The summed E-state index contributed by atoms with van der Waals surface area (Å²) in [6.07, 6.45) is -0.0274. The van der Waals surface area contributed by atoms with Crippen LogP contribution in [0.15, 0.2) is 18.2 Å². The van der Waals surface area contributed by atoms with E-state index in [0.717, 1.165) is 12.1 Å². The molecule has 1 unspecified atom stereocenters. The molecule has 0 saturated heterocycles. The van der Waals surface area contributed by atoms with E-state index in [1.807, 2.05) is 0 Å². The van der Waals surface area contributed by atoms with Crippen LogP contribution in [-0.4, -0.2) is 22.8 Å². The van der Waals surface area contributed by atoms with Crippen molar-refractivity contribution in [2.75, 3.05) is 6.61 Å². The predicted octanol–water partition coefficient (Wildman–Crippen LogP) is 1.52. The number of hydrogen-bond acceptors (Lipinski definition) is 2. The third-order valence-electron chi connectivity index (χ3n) is 2.06. The van der Waals surface area contributed by atoms with E-state index in [-0.39, 0.29) is 18.6 Å². The van der Waals surface area contributed by atoms with E-state index in [1.54, 1.807) is 0 Å². The number of halogens is 2. The van der Waals surface area contributed by atoms with Gasteiger partial charge in [0.25, 0.3) is 0 Å². The summed E-state index contributed by atoms with van der Waals surface area (Å²) < 4.78 is 25.4. The van der Waals surface area contributed by atoms with Gasteiger partial charge in [-0.2, -0.15) is 0 Å². The van der Waals surface area contributed by atoms with E-state index in [1.165, 1.54) is 6.07 Å². The van der Waals surface area contributed by atoms with Gasteiger partial charge in [0, 0.05) is 6.61 Å². The van der Waals surface area contributed by atoms with Crippen LogP contribution in [0, 0.1) is 11.6 Å². The maximum atomic E-state index is 12.8. The molecule has 0 aromatic heterocycles. The Morgan fingerprint density at radius 3 is 2.47 bits per heavy atom. The molecule has 0 spiro atoms. The topological polar surface area (TPSA) is 57.5 Å². The van der Waals surface area contributed by atoms with E-state index in [4.69, 9.17) is 10.2 Å². The monoisotopic (exact) mass is 216 g/mol. The third kappa shape index (κ3) is 2.73. The van der Waals surface area contributed by atoms with Crippen LogP contribution in [-0.2, 0) is 4.79 Å². The van der Waals surface area contributed by atoms with Gasteiger partial charge in [0.2, 0.25) is 0 Å². The first-order valence-electron chi connectivity index (χ1n) is 4.35. The Hall–Kier alpha value is -1.49. The van der Waals surface area contributed by atoms with Crippen molar-refractivity contribution in [1.29, 1.82) is 0 Å². The summed E-state index contributed by atoms with van der Waals surface area (Å²) in [5.41, 5.74) is 0.149. The Balaban J connectivity index is 3.01. The first-order valence-corrected chi connectivity index (χ1v) is 4.35. The number of carboxylic acids is 1. The van der Waals surface area contributed by atoms with Crippen LogP contribution in [0.2, 0.25) is 0 Å². The average molecular weight is 216 g/mol. The van der Waals surface area contributed by atoms with E-state index in [9.17, 15) is 13.6 Å². The van der Waals surface area contributed by atoms with Crippen LogP contribution in [0.5, 0.6) is 0 Å². The molecule has 0 aliphatic heterocycles. The van der Waals surface area contributed by atoms with Gasteiger partial charge >= 0.3 is 5.97 Å². The van der Waals surface area contributed by atoms with Crippen LogP contribution < -0.4 is 0 Å². The SMILES string of the molecule is O=C(O)C(CCO)c1ccc(F)c(F)c1. The lowest BCUT2D eigenvalue weighted by molar-refractivity contribution is -0.139. The van der Waals surface area contributed by atoms with Crippen molar-refractivity contribution in [3.63, 3.8) is 0 Å². The van der Waals surface area contributed by atoms with Crippen molar-refractivity contribution in [1.82, 2.24) is 0 Å². The fourth-order valence-electron chi connectivity index (χ4n) is 1.29. The zero-order valence-corrected chi connectivity index (χ0v) is 7.78. The van der Waals surface area contributed by atoms with Gasteiger partial charge in [0.15, 0.2) is 11.6 Å². The largest absolute Gasteiger partial charge is 0.481 e. The molecule has 1 atom stereocenters. The highest BCUT2D eigenvalue weighted by Gasteiger charge is 2.20. The van der Waals surface area contributed by atoms with E-state index in [2.05, 4.69) is 0 Å². The van der Waals surface area contributed by atoms with Crippen molar-refractivity contribution in [3.05, 3.63) is 35.4 Å². The van der Waals surface area contributed by atoms with Gasteiger partial charge in [0.1, 0.15) is 0 Å². The fourth-order valence-corrected chi connectivity index (χ4v) is 1.29. The van der Waals surface area contributed by atoms with Crippen molar-refractivity contribution in [3.8, 4) is 0 Å². The number of rotatable bonds is 4. The molecule has 1 rings (SSSR count). The molecule has 0 aliphatic rings. The highest BCUT2D eigenvalue weighted by atomic mass is 19.2. The van der Waals surface area contributed by atoms with Gasteiger partial charge in [-0.15, -0.1) is 0 Å². The first-order chi connectivity index (χ1) is 7.06. The van der Waals surface area contributed by atoms with Gasteiger partial charge in [-0.25, -0.2) is 8.78 Å². The van der Waals surface area contributed by atoms with Gasteiger partial charge in [0.05, 0.1) is 5.92 Å². The zero-order chi connectivity index (χ0) is 11.4. The molecule has 0 bridgehead atoms. The van der Waals surface area contributed by atoms with E-state index < -0.39 is 23.5 Å². The third-order valence-corrected chi connectivity index (χ3v) is 2.06. The lowest BCUT2D eigenvalue weighted by Crippen LogP contribution is -2.13. The average Bonchev–Trinajstić information content (AvgIpc) is 2.18. The Morgan fingerprint density at radius 1 is 1.33 bits per heavy atom. The summed E-state index contributed by atoms with van der Waals surface area (Å²) in [6, 6.07) is 2.91. The predicted molar refractivity (Wildman–Crippen MR) is 48.4 cm³/mol. The molecule has 5 heteroatoms. The Bertz CT molecular complexity index is 366. The number of carboxylic acid groups (broad SMARTS) is 1. The van der Waals surface area contributed by atoms with Crippen LogP contribution >= 0.6 is 0 Å². The molecular weight excluding hydrogens is 206 g/mol. The summed E-state index contributed by atoms with van der Waals surface area (Å²) in [4.78, 5) is 10.8. The summed E-state index contributed by atoms with van der Waals surface area (Å²) in [6.45, 7) is -0.323. The molecule has 15 heavy (non-hydrogen) atoms. The number of aliphatic hydroxyl groups is 1. The summed E-state index contributed by atoms with van der Waals surface area (Å²) in [5, 5.41) is 17.4. The highest BCUT2D eigenvalue weighted by molar-refractivity contribution is 5.76. The molecule has 0 heterocycles. The standard InChI is InChI=1S/C10H10F2O3/c11-8-2-1-6(5-9(8)12)7(3-4-13)10(14)15/h1-2,5,7,13H,3-4H2,(H,14,15). The van der Waals surface area contributed by atoms with Crippen LogP contribution in [0.4, 0.5) is 8.78 Å². The number of carbonyl (C=O) groups is 1. The fraction of sp³-hybridized carbons (Fsp3) is 0.300. The van der Waals surface area contributed by atoms with Gasteiger partial charge in [-0.05, 0) is 24.1 Å². The number of hydrogen-bond donors (Lipinski definition) is 2. The lowest BCUT2D eigenvalue weighted by Gasteiger charge is -2.11. The van der Waals surface area contributed by atoms with Crippen LogP contribution in [0.25, 0.3) is 0 Å². The van der Waals surface area contributed by atoms with Crippen molar-refractivity contribution >= 4 is 5.97 Å². The number of aliphatic carboxylic acids is 1. The Labute approximate surface area is 85.0 Å². The lowest BCUT2D eigenvalue weighted by atomic mass is 9.96.